The highest BCUT2D eigenvalue weighted by molar-refractivity contribution is 7.85. The lowest BCUT2D eigenvalue weighted by Gasteiger charge is -2.10. The van der Waals surface area contributed by atoms with E-state index in [9.17, 15) is 9.00 Å². The minimum absolute atomic E-state index is 0.207. The highest BCUT2D eigenvalue weighted by Gasteiger charge is 2.11. The Bertz CT molecular complexity index is 729. The number of nitrogen functional groups attached to an aromatic ring is 1. The standard InChI is InChI=1S/C18H22N2O2S/c1-3-4-6-14-7-5-8-15(11-14)23(22)16-9-10-17(19)18(12-16)20-13(2)21/h5,7-12H,3-4,6,19H2,1-2H3,(H,20,21). The first-order chi connectivity index (χ1) is 11.0. The minimum atomic E-state index is -1.30. The number of nitrogens with two attached hydrogens (primary N) is 1. The molecule has 0 saturated carbocycles. The van der Waals surface area contributed by atoms with Gasteiger partial charge in [-0.1, -0.05) is 25.5 Å². The van der Waals surface area contributed by atoms with Crippen molar-refractivity contribution < 1.29 is 9.00 Å². The third-order valence-electron chi connectivity index (χ3n) is 3.48. The summed E-state index contributed by atoms with van der Waals surface area (Å²) < 4.78 is 12.8. The fraction of sp³-hybridized carbons (Fsp3) is 0.278. The quantitative estimate of drug-likeness (QED) is 0.793. The smallest absolute Gasteiger partial charge is 0.221 e. The highest BCUT2D eigenvalue weighted by Crippen LogP contribution is 2.25. The summed E-state index contributed by atoms with van der Waals surface area (Å²) in [5, 5.41) is 2.66. The number of rotatable bonds is 6. The van der Waals surface area contributed by atoms with Crippen LogP contribution in [-0.4, -0.2) is 10.1 Å². The van der Waals surface area contributed by atoms with Crippen molar-refractivity contribution in [2.75, 3.05) is 11.1 Å². The number of unbranched alkanes of at least 4 members (excludes halogenated alkanes) is 1. The van der Waals surface area contributed by atoms with E-state index in [1.807, 2.05) is 18.2 Å². The van der Waals surface area contributed by atoms with Gasteiger partial charge in [-0.3, -0.25) is 4.79 Å². The first-order valence-corrected chi connectivity index (χ1v) is 8.84. The molecule has 0 aliphatic rings. The Morgan fingerprint density at radius 1 is 1.17 bits per heavy atom. The molecule has 0 aliphatic carbocycles. The van der Waals surface area contributed by atoms with E-state index >= 15 is 0 Å². The maximum absolute atomic E-state index is 12.8. The van der Waals surface area contributed by atoms with E-state index in [1.54, 1.807) is 18.2 Å². The number of hydrogen-bond acceptors (Lipinski definition) is 3. The van der Waals surface area contributed by atoms with Crippen LogP contribution in [0.1, 0.15) is 32.3 Å². The van der Waals surface area contributed by atoms with Crippen molar-refractivity contribution in [3.05, 3.63) is 48.0 Å². The maximum atomic E-state index is 12.8. The Morgan fingerprint density at radius 2 is 1.91 bits per heavy atom. The lowest BCUT2D eigenvalue weighted by molar-refractivity contribution is -0.114. The second-order valence-electron chi connectivity index (χ2n) is 5.45. The lowest BCUT2D eigenvalue weighted by atomic mass is 10.1. The topological polar surface area (TPSA) is 72.2 Å². The molecular formula is C18H22N2O2S. The summed E-state index contributed by atoms with van der Waals surface area (Å²) in [6.45, 7) is 3.57. The van der Waals surface area contributed by atoms with Gasteiger partial charge in [-0.15, -0.1) is 0 Å². The van der Waals surface area contributed by atoms with Crippen LogP contribution in [-0.2, 0) is 22.0 Å². The molecule has 1 amide bonds. The highest BCUT2D eigenvalue weighted by atomic mass is 32.2. The van der Waals surface area contributed by atoms with E-state index in [4.69, 9.17) is 5.73 Å². The summed E-state index contributed by atoms with van der Waals surface area (Å²) in [7, 11) is -1.30. The Hall–Kier alpha value is -2.14. The van der Waals surface area contributed by atoms with E-state index in [2.05, 4.69) is 18.3 Å². The number of benzene rings is 2. The van der Waals surface area contributed by atoms with Gasteiger partial charge in [-0.2, -0.15) is 0 Å². The van der Waals surface area contributed by atoms with Gasteiger partial charge >= 0.3 is 0 Å². The zero-order valence-electron chi connectivity index (χ0n) is 13.5. The molecule has 2 rings (SSSR count). The molecule has 2 aromatic rings. The molecule has 23 heavy (non-hydrogen) atoms. The Kier molecular flexibility index (Phi) is 5.93. The van der Waals surface area contributed by atoms with Crippen LogP contribution in [0.5, 0.6) is 0 Å². The van der Waals surface area contributed by atoms with E-state index in [1.165, 1.54) is 12.5 Å². The zero-order chi connectivity index (χ0) is 16.8. The van der Waals surface area contributed by atoms with Gasteiger partial charge in [0, 0.05) is 16.7 Å². The van der Waals surface area contributed by atoms with Crippen LogP contribution in [0.3, 0.4) is 0 Å². The molecule has 122 valence electrons. The molecule has 4 nitrogen and oxygen atoms in total. The van der Waals surface area contributed by atoms with Gasteiger partial charge in [-0.25, -0.2) is 4.21 Å². The Balaban J connectivity index is 2.28. The number of hydrogen-bond donors (Lipinski definition) is 2. The van der Waals surface area contributed by atoms with Gasteiger partial charge in [0.15, 0.2) is 0 Å². The van der Waals surface area contributed by atoms with Crippen LogP contribution in [0.15, 0.2) is 52.3 Å². The van der Waals surface area contributed by atoms with Gasteiger partial charge in [0.1, 0.15) is 0 Å². The fourth-order valence-corrected chi connectivity index (χ4v) is 3.43. The summed E-state index contributed by atoms with van der Waals surface area (Å²) in [5.41, 5.74) is 7.98. The number of anilines is 2. The summed E-state index contributed by atoms with van der Waals surface area (Å²) in [6.07, 6.45) is 3.23. The van der Waals surface area contributed by atoms with Crippen molar-refractivity contribution in [1.29, 1.82) is 0 Å². The van der Waals surface area contributed by atoms with Crippen molar-refractivity contribution in [2.45, 2.75) is 42.9 Å². The van der Waals surface area contributed by atoms with Crippen LogP contribution in [0.2, 0.25) is 0 Å². The summed E-state index contributed by atoms with van der Waals surface area (Å²) in [4.78, 5) is 12.6. The predicted octanol–water partition coefficient (Wildman–Crippen LogP) is 3.74. The molecule has 2 aromatic carbocycles. The monoisotopic (exact) mass is 330 g/mol. The molecule has 0 fully saturated rings. The molecule has 0 heterocycles. The molecule has 5 heteroatoms. The largest absolute Gasteiger partial charge is 0.397 e. The molecule has 0 aliphatic heterocycles. The number of amides is 1. The minimum Gasteiger partial charge on any atom is -0.397 e. The Morgan fingerprint density at radius 3 is 2.61 bits per heavy atom. The van der Waals surface area contributed by atoms with Crippen LogP contribution >= 0.6 is 0 Å². The van der Waals surface area contributed by atoms with E-state index in [-0.39, 0.29) is 5.91 Å². The molecule has 0 spiro atoms. The average molecular weight is 330 g/mol. The molecule has 0 aromatic heterocycles. The lowest BCUT2D eigenvalue weighted by Crippen LogP contribution is -2.08. The number of nitrogens with one attached hydrogen (secondary N) is 1. The number of carbonyl (C=O) groups is 1. The Labute approximate surface area is 139 Å². The summed E-state index contributed by atoms with van der Waals surface area (Å²) >= 11 is 0. The van der Waals surface area contributed by atoms with Crippen LogP contribution < -0.4 is 11.1 Å². The normalized spacial score (nSPS) is 11.9. The predicted molar refractivity (Wildman–Crippen MR) is 94.9 cm³/mol. The van der Waals surface area contributed by atoms with Crippen molar-refractivity contribution in [2.24, 2.45) is 0 Å². The second kappa shape index (κ2) is 7.92. The SMILES string of the molecule is CCCCc1cccc(S(=O)c2ccc(N)c(NC(C)=O)c2)c1. The van der Waals surface area contributed by atoms with Crippen LogP contribution in [0.25, 0.3) is 0 Å². The van der Waals surface area contributed by atoms with Gasteiger partial charge < -0.3 is 11.1 Å². The molecule has 0 saturated heterocycles. The first-order valence-electron chi connectivity index (χ1n) is 7.69. The van der Waals surface area contributed by atoms with E-state index < -0.39 is 10.8 Å². The zero-order valence-corrected chi connectivity index (χ0v) is 14.3. The van der Waals surface area contributed by atoms with Crippen molar-refractivity contribution >= 4 is 28.1 Å². The molecular weight excluding hydrogens is 308 g/mol. The molecule has 1 unspecified atom stereocenters. The first kappa shape index (κ1) is 17.2. The maximum Gasteiger partial charge on any atom is 0.221 e. The van der Waals surface area contributed by atoms with Crippen molar-refractivity contribution in [3.63, 3.8) is 0 Å². The van der Waals surface area contributed by atoms with Crippen LogP contribution in [0.4, 0.5) is 11.4 Å². The molecule has 1 atom stereocenters. The summed E-state index contributed by atoms with van der Waals surface area (Å²) in [6, 6.07) is 12.9. The average Bonchev–Trinajstić information content (AvgIpc) is 2.54. The van der Waals surface area contributed by atoms with E-state index in [0.29, 0.717) is 16.3 Å². The second-order valence-corrected chi connectivity index (χ2v) is 6.93. The van der Waals surface area contributed by atoms with Gasteiger partial charge in [-0.05, 0) is 48.7 Å². The van der Waals surface area contributed by atoms with Gasteiger partial charge in [0.25, 0.3) is 0 Å². The van der Waals surface area contributed by atoms with Crippen LogP contribution in [0, 0.1) is 0 Å². The van der Waals surface area contributed by atoms with Gasteiger partial charge in [0.05, 0.1) is 22.2 Å². The number of aryl methyl sites for hydroxylation is 1. The molecule has 0 bridgehead atoms. The van der Waals surface area contributed by atoms with Crippen molar-refractivity contribution in [1.82, 2.24) is 0 Å². The third kappa shape index (κ3) is 4.66. The molecule has 3 N–H and O–H groups in total. The fourth-order valence-electron chi connectivity index (χ4n) is 2.28. The molecule has 0 radical (unpaired) electrons. The summed E-state index contributed by atoms with van der Waals surface area (Å²) in [5.74, 6) is -0.207. The van der Waals surface area contributed by atoms with E-state index in [0.717, 1.165) is 24.2 Å². The third-order valence-corrected chi connectivity index (χ3v) is 4.85. The van der Waals surface area contributed by atoms with Gasteiger partial charge in [0.2, 0.25) is 5.91 Å². The number of carbonyl (C=O) groups excluding carboxylic acids is 1. The van der Waals surface area contributed by atoms with Crippen molar-refractivity contribution in [3.8, 4) is 0 Å².